The van der Waals surface area contributed by atoms with Crippen LogP contribution >= 0.6 is 15.2 Å². The Morgan fingerprint density at radius 1 is 0.667 bits per heavy atom. The molecule has 0 atom stereocenters. The van der Waals surface area contributed by atoms with Crippen LogP contribution in [0.3, 0.4) is 0 Å². The lowest BCUT2D eigenvalue weighted by Crippen LogP contribution is -1.99. The molecular weight excluding hydrogens is 286 g/mol. The zero-order valence-electron chi connectivity index (χ0n) is 9.56. The molecule has 0 aromatic rings. The number of carbonyl (C=O) groups excluding carboxylic acids is 2. The van der Waals surface area contributed by atoms with Gasteiger partial charge in [-0.2, -0.15) is 0 Å². The first-order valence-corrected chi connectivity index (χ1v) is 8.45. The van der Waals surface area contributed by atoms with Gasteiger partial charge in [-0.15, -0.1) is 0 Å². The Kier molecular flexibility index (Phi) is 7.14. The van der Waals surface area contributed by atoms with Crippen molar-refractivity contribution in [3.8, 4) is 0 Å². The number of unbranched alkanes of at least 4 members (excludes halogenated alkanes) is 3. The molecule has 0 heterocycles. The molecule has 8 nitrogen and oxygen atoms in total. The summed E-state index contributed by atoms with van der Waals surface area (Å²) >= 11 is 0. The summed E-state index contributed by atoms with van der Waals surface area (Å²) in [5.74, 6) is 0. The maximum absolute atomic E-state index is 10.8. The van der Waals surface area contributed by atoms with E-state index in [1.165, 1.54) is 0 Å². The summed E-state index contributed by atoms with van der Waals surface area (Å²) in [6.07, 6.45) is 0.982. The van der Waals surface area contributed by atoms with Crippen LogP contribution in [-0.2, 0) is 18.7 Å². The molecule has 0 fully saturated rings. The molecule has 106 valence electrons. The van der Waals surface area contributed by atoms with Gasteiger partial charge >= 0.3 is 15.2 Å². The fraction of sp³-hybridized carbons (Fsp3) is 0.750. The highest BCUT2D eigenvalue weighted by Gasteiger charge is 2.25. The lowest BCUT2D eigenvalue weighted by molar-refractivity contribution is -0.114. The van der Waals surface area contributed by atoms with Crippen molar-refractivity contribution < 1.29 is 38.3 Å². The van der Waals surface area contributed by atoms with E-state index in [4.69, 9.17) is 19.6 Å². The van der Waals surface area contributed by atoms with Gasteiger partial charge in [0.05, 0.1) is 0 Å². The van der Waals surface area contributed by atoms with E-state index in [1.54, 1.807) is 0 Å². The summed E-state index contributed by atoms with van der Waals surface area (Å²) in [5.41, 5.74) is -2.23. The van der Waals surface area contributed by atoms with Crippen LogP contribution in [0.1, 0.15) is 38.5 Å². The highest BCUT2D eigenvalue weighted by Crippen LogP contribution is 2.38. The van der Waals surface area contributed by atoms with Gasteiger partial charge in [0.1, 0.15) is 0 Å². The number of hydrogen-bond acceptors (Lipinski definition) is 4. The maximum Gasteiger partial charge on any atom is 0.391 e. The first-order chi connectivity index (χ1) is 8.05. The molecule has 0 unspecified atom stereocenters. The molecule has 0 aromatic heterocycles. The van der Waals surface area contributed by atoms with Gasteiger partial charge < -0.3 is 19.6 Å². The van der Waals surface area contributed by atoms with Crippen LogP contribution in [0.5, 0.6) is 0 Å². The summed E-state index contributed by atoms with van der Waals surface area (Å²) in [4.78, 5) is 55.6. The maximum atomic E-state index is 10.8. The van der Waals surface area contributed by atoms with E-state index >= 15 is 0 Å². The molecule has 0 saturated heterocycles. The van der Waals surface area contributed by atoms with E-state index in [9.17, 15) is 18.7 Å². The second-order valence-electron chi connectivity index (χ2n) is 3.79. The van der Waals surface area contributed by atoms with Crippen LogP contribution in [0.2, 0.25) is 0 Å². The molecule has 0 bridgehead atoms. The van der Waals surface area contributed by atoms with Crippen molar-refractivity contribution in [3.63, 3.8) is 0 Å². The summed E-state index contributed by atoms with van der Waals surface area (Å²) in [5, 5.41) is 0. The van der Waals surface area contributed by atoms with Gasteiger partial charge in [0.25, 0.3) is 0 Å². The molecule has 0 aliphatic heterocycles. The summed E-state index contributed by atoms with van der Waals surface area (Å²) < 4.78 is 20.9. The normalized spacial score (nSPS) is 12.4. The van der Waals surface area contributed by atoms with Gasteiger partial charge in [0.15, 0.2) is 0 Å². The zero-order valence-corrected chi connectivity index (χ0v) is 11.3. The van der Waals surface area contributed by atoms with Crippen molar-refractivity contribution in [2.45, 2.75) is 38.5 Å². The molecule has 0 spiro atoms. The third kappa shape index (κ3) is 7.87. The van der Waals surface area contributed by atoms with Gasteiger partial charge in [-0.05, 0) is 12.8 Å². The SMILES string of the molecule is O=C(CCCCCCC(=O)P(=O)(O)O)P(=O)(O)O. The Hall–Kier alpha value is -0.360. The molecule has 0 aromatic carbocycles. The monoisotopic (exact) mass is 302 g/mol. The van der Waals surface area contributed by atoms with Crippen LogP contribution in [0.15, 0.2) is 0 Å². The molecule has 10 heteroatoms. The number of rotatable bonds is 9. The molecule has 0 aliphatic carbocycles. The minimum atomic E-state index is -4.65. The molecule has 0 radical (unpaired) electrons. The van der Waals surface area contributed by atoms with E-state index in [0.29, 0.717) is 12.8 Å². The van der Waals surface area contributed by atoms with Crippen LogP contribution in [0, 0.1) is 0 Å². The van der Waals surface area contributed by atoms with Crippen molar-refractivity contribution in [2.75, 3.05) is 0 Å². The van der Waals surface area contributed by atoms with E-state index in [1.807, 2.05) is 0 Å². The quantitative estimate of drug-likeness (QED) is 0.360. The predicted molar refractivity (Wildman–Crippen MR) is 61.8 cm³/mol. The fourth-order valence-electron chi connectivity index (χ4n) is 1.20. The predicted octanol–water partition coefficient (Wildman–Crippen LogP) is 0.736. The number of carbonyl (C=O) groups is 2. The molecule has 0 amide bonds. The van der Waals surface area contributed by atoms with Gasteiger partial charge in [-0.25, -0.2) is 0 Å². The Morgan fingerprint density at radius 2 is 0.944 bits per heavy atom. The van der Waals surface area contributed by atoms with Crippen LogP contribution in [0.25, 0.3) is 0 Å². The average molecular weight is 302 g/mol. The van der Waals surface area contributed by atoms with Gasteiger partial charge in [0, 0.05) is 12.8 Å². The van der Waals surface area contributed by atoms with Gasteiger partial charge in [-0.3, -0.25) is 18.7 Å². The lowest BCUT2D eigenvalue weighted by atomic mass is 10.1. The van der Waals surface area contributed by atoms with Gasteiger partial charge in [0.2, 0.25) is 11.0 Å². The number of hydrogen-bond donors (Lipinski definition) is 4. The van der Waals surface area contributed by atoms with E-state index < -0.39 is 26.2 Å². The second-order valence-corrected chi connectivity index (χ2v) is 6.96. The van der Waals surface area contributed by atoms with Gasteiger partial charge in [-0.1, -0.05) is 12.8 Å². The molecule has 18 heavy (non-hydrogen) atoms. The third-order valence-corrected chi connectivity index (χ3v) is 3.93. The Morgan fingerprint density at radius 3 is 1.17 bits per heavy atom. The molecule has 0 aliphatic rings. The van der Waals surface area contributed by atoms with E-state index in [2.05, 4.69) is 0 Å². The summed E-state index contributed by atoms with van der Waals surface area (Å²) in [6.45, 7) is 0. The zero-order chi connectivity index (χ0) is 14.4. The third-order valence-electron chi connectivity index (χ3n) is 2.18. The summed E-state index contributed by atoms with van der Waals surface area (Å²) in [6, 6.07) is 0. The van der Waals surface area contributed by atoms with Crippen LogP contribution in [-0.4, -0.2) is 30.6 Å². The smallest absolute Gasteiger partial charge is 0.319 e. The second kappa shape index (κ2) is 7.28. The average Bonchev–Trinajstić information content (AvgIpc) is 2.19. The first-order valence-electron chi connectivity index (χ1n) is 5.23. The molecule has 4 N–H and O–H groups in total. The Balaban J connectivity index is 3.66. The molecular formula is C8H16O8P2. The highest BCUT2D eigenvalue weighted by atomic mass is 31.2. The highest BCUT2D eigenvalue weighted by molar-refractivity contribution is 7.70. The minimum absolute atomic E-state index is 0.239. The van der Waals surface area contributed by atoms with Crippen molar-refractivity contribution in [3.05, 3.63) is 0 Å². The van der Waals surface area contributed by atoms with Crippen molar-refractivity contribution in [2.24, 2.45) is 0 Å². The Bertz CT molecular complexity index is 354. The standard InChI is InChI=1S/C8H16O8P2/c9-7(17(11,12)13)5-3-1-2-4-6-8(10)18(14,15)16/h1-6H2,(H2,11,12,13)(H2,14,15,16). The first kappa shape index (κ1) is 17.6. The fourth-order valence-corrected chi connectivity index (χ4v) is 2.10. The van der Waals surface area contributed by atoms with Crippen molar-refractivity contribution in [1.29, 1.82) is 0 Å². The van der Waals surface area contributed by atoms with Crippen LogP contribution in [0.4, 0.5) is 0 Å². The largest absolute Gasteiger partial charge is 0.391 e. The lowest BCUT2D eigenvalue weighted by Gasteiger charge is -2.03. The van der Waals surface area contributed by atoms with E-state index in [0.717, 1.165) is 0 Å². The topological polar surface area (TPSA) is 149 Å². The van der Waals surface area contributed by atoms with Crippen molar-refractivity contribution >= 4 is 26.2 Å². The van der Waals surface area contributed by atoms with Crippen molar-refractivity contribution in [1.82, 2.24) is 0 Å². The molecule has 0 rings (SSSR count). The van der Waals surface area contributed by atoms with Crippen LogP contribution < -0.4 is 0 Å². The Labute approximate surface area is 104 Å². The van der Waals surface area contributed by atoms with E-state index in [-0.39, 0.29) is 25.7 Å². The summed E-state index contributed by atoms with van der Waals surface area (Å²) in [7, 11) is -9.29. The minimum Gasteiger partial charge on any atom is -0.319 e. The molecule has 0 saturated carbocycles.